The zero-order valence-corrected chi connectivity index (χ0v) is 11.0. The van der Waals surface area contributed by atoms with Gasteiger partial charge in [0.05, 0.1) is 12.7 Å². The topological polar surface area (TPSA) is 67.8 Å². The Labute approximate surface area is 108 Å². The van der Waals surface area contributed by atoms with E-state index in [1.807, 2.05) is 0 Å². The summed E-state index contributed by atoms with van der Waals surface area (Å²) in [4.78, 5) is 11.3. The average molecular weight is 257 g/mol. The molecular formula is C13H23NO4. The molecule has 2 unspecified atom stereocenters. The first kappa shape index (κ1) is 13.8. The van der Waals surface area contributed by atoms with Gasteiger partial charge < -0.3 is 14.6 Å². The molecule has 2 atom stereocenters. The normalized spacial score (nSPS) is 27.1. The van der Waals surface area contributed by atoms with Gasteiger partial charge in [-0.15, -0.1) is 0 Å². The summed E-state index contributed by atoms with van der Waals surface area (Å²) in [5.74, 6) is -0.765. The lowest BCUT2D eigenvalue weighted by molar-refractivity contribution is -0.144. The van der Waals surface area contributed by atoms with Crippen molar-refractivity contribution in [3.8, 4) is 0 Å². The van der Waals surface area contributed by atoms with Crippen LogP contribution >= 0.6 is 0 Å². The van der Waals surface area contributed by atoms with Gasteiger partial charge in [0.1, 0.15) is 5.54 Å². The number of carboxylic acids is 1. The molecule has 5 nitrogen and oxygen atoms in total. The average Bonchev–Trinajstić information content (AvgIpc) is 2.97. The molecule has 104 valence electrons. The van der Waals surface area contributed by atoms with E-state index in [1.54, 1.807) is 6.92 Å². The summed E-state index contributed by atoms with van der Waals surface area (Å²) in [6.45, 7) is 3.84. The number of carboxylic acid groups (broad SMARTS) is 1. The third-order valence-electron chi connectivity index (χ3n) is 3.63. The zero-order valence-electron chi connectivity index (χ0n) is 11.0. The van der Waals surface area contributed by atoms with Crippen LogP contribution in [0.3, 0.4) is 0 Å². The zero-order chi connectivity index (χ0) is 13.0. The molecule has 1 saturated carbocycles. The lowest BCUT2D eigenvalue weighted by Crippen LogP contribution is -2.50. The van der Waals surface area contributed by atoms with Crippen molar-refractivity contribution < 1.29 is 19.4 Å². The number of ether oxygens (including phenoxy) is 2. The van der Waals surface area contributed by atoms with Crippen LogP contribution in [0.15, 0.2) is 0 Å². The molecule has 2 N–H and O–H groups in total. The molecule has 0 aromatic heterocycles. The highest BCUT2D eigenvalue weighted by atomic mass is 16.5. The lowest BCUT2D eigenvalue weighted by Gasteiger charge is -2.26. The van der Waals surface area contributed by atoms with Gasteiger partial charge in [-0.1, -0.05) is 0 Å². The summed E-state index contributed by atoms with van der Waals surface area (Å²) in [5.41, 5.74) is -0.809. The minimum atomic E-state index is -0.809. The van der Waals surface area contributed by atoms with E-state index in [-0.39, 0.29) is 6.10 Å². The molecule has 2 rings (SSSR count). The minimum Gasteiger partial charge on any atom is -0.480 e. The Kier molecular flexibility index (Phi) is 4.59. The van der Waals surface area contributed by atoms with Crippen molar-refractivity contribution in [2.24, 2.45) is 0 Å². The Hall–Kier alpha value is -0.650. The van der Waals surface area contributed by atoms with Crippen LogP contribution < -0.4 is 5.32 Å². The third kappa shape index (κ3) is 3.93. The van der Waals surface area contributed by atoms with E-state index >= 15 is 0 Å². The highest BCUT2D eigenvalue weighted by Crippen LogP contribution is 2.25. The Balaban J connectivity index is 1.66. The van der Waals surface area contributed by atoms with Crippen LogP contribution in [-0.2, 0) is 14.3 Å². The Morgan fingerprint density at radius 1 is 1.50 bits per heavy atom. The van der Waals surface area contributed by atoms with Crippen molar-refractivity contribution in [3.63, 3.8) is 0 Å². The van der Waals surface area contributed by atoms with Crippen molar-refractivity contribution in [3.05, 3.63) is 0 Å². The number of hydrogen-bond donors (Lipinski definition) is 2. The quantitative estimate of drug-likeness (QED) is 0.639. The van der Waals surface area contributed by atoms with E-state index in [4.69, 9.17) is 9.47 Å². The summed E-state index contributed by atoms with van der Waals surface area (Å²) in [6.07, 6.45) is 4.72. The summed E-state index contributed by atoms with van der Waals surface area (Å²) < 4.78 is 10.9. The second-order valence-electron chi connectivity index (χ2n) is 5.52. The molecule has 0 radical (unpaired) electrons. The molecule has 2 aliphatic rings. The number of nitrogens with one attached hydrogen (secondary N) is 1. The predicted molar refractivity (Wildman–Crippen MR) is 66.6 cm³/mol. The first-order valence-electron chi connectivity index (χ1n) is 6.80. The third-order valence-corrected chi connectivity index (χ3v) is 3.63. The highest BCUT2D eigenvalue weighted by molar-refractivity contribution is 5.78. The summed E-state index contributed by atoms with van der Waals surface area (Å²) in [6, 6.07) is 0.398. The van der Waals surface area contributed by atoms with Crippen LogP contribution in [0.1, 0.15) is 39.0 Å². The van der Waals surface area contributed by atoms with E-state index in [0.717, 1.165) is 32.3 Å². The van der Waals surface area contributed by atoms with E-state index < -0.39 is 11.5 Å². The van der Waals surface area contributed by atoms with Crippen molar-refractivity contribution in [1.29, 1.82) is 0 Å². The van der Waals surface area contributed by atoms with E-state index in [1.165, 1.54) is 0 Å². The van der Waals surface area contributed by atoms with Gasteiger partial charge in [-0.05, 0) is 39.0 Å². The standard InChI is InChI=1S/C13H23NO4/c1-13(12(15)16,14-10-3-4-10)6-2-7-18-11-5-8-17-9-11/h10-11,14H,2-9H2,1H3,(H,15,16). The van der Waals surface area contributed by atoms with Gasteiger partial charge in [-0.3, -0.25) is 10.1 Å². The number of hydrogen-bond acceptors (Lipinski definition) is 4. The monoisotopic (exact) mass is 257 g/mol. The van der Waals surface area contributed by atoms with Crippen LogP contribution in [0.2, 0.25) is 0 Å². The van der Waals surface area contributed by atoms with Gasteiger partial charge >= 0.3 is 5.97 Å². The fourth-order valence-corrected chi connectivity index (χ4v) is 2.24. The second kappa shape index (κ2) is 5.99. The Morgan fingerprint density at radius 2 is 2.28 bits per heavy atom. The molecule has 1 aliphatic carbocycles. The summed E-state index contributed by atoms with van der Waals surface area (Å²) >= 11 is 0. The molecule has 18 heavy (non-hydrogen) atoms. The maximum absolute atomic E-state index is 11.3. The van der Waals surface area contributed by atoms with Gasteiger partial charge in [-0.25, -0.2) is 0 Å². The predicted octanol–water partition coefficient (Wildman–Crippen LogP) is 1.17. The summed E-state index contributed by atoms with van der Waals surface area (Å²) in [7, 11) is 0. The van der Waals surface area contributed by atoms with E-state index in [2.05, 4.69) is 5.32 Å². The maximum Gasteiger partial charge on any atom is 0.323 e. The van der Waals surface area contributed by atoms with Gasteiger partial charge in [0.15, 0.2) is 0 Å². The lowest BCUT2D eigenvalue weighted by atomic mass is 9.96. The molecule has 0 amide bonds. The van der Waals surface area contributed by atoms with E-state index in [9.17, 15) is 9.90 Å². The van der Waals surface area contributed by atoms with Crippen molar-refractivity contribution >= 4 is 5.97 Å². The first-order chi connectivity index (χ1) is 8.60. The van der Waals surface area contributed by atoms with Crippen LogP contribution in [0, 0.1) is 0 Å². The van der Waals surface area contributed by atoms with Crippen molar-refractivity contribution in [2.75, 3.05) is 19.8 Å². The molecule has 0 bridgehead atoms. The number of aliphatic carboxylic acids is 1. The second-order valence-corrected chi connectivity index (χ2v) is 5.52. The summed E-state index contributed by atoms with van der Waals surface area (Å²) in [5, 5.41) is 12.5. The van der Waals surface area contributed by atoms with Crippen molar-refractivity contribution in [2.45, 2.75) is 56.7 Å². The SMILES string of the molecule is CC(CCCOC1CCOC1)(NC1CC1)C(=O)O. The Morgan fingerprint density at radius 3 is 2.83 bits per heavy atom. The van der Waals surface area contributed by atoms with Crippen LogP contribution in [-0.4, -0.2) is 48.6 Å². The highest BCUT2D eigenvalue weighted by Gasteiger charge is 2.37. The van der Waals surface area contributed by atoms with Crippen LogP contribution in [0.25, 0.3) is 0 Å². The van der Waals surface area contributed by atoms with Crippen LogP contribution in [0.5, 0.6) is 0 Å². The molecule has 1 heterocycles. The van der Waals surface area contributed by atoms with Gasteiger partial charge in [0, 0.05) is 19.3 Å². The first-order valence-corrected chi connectivity index (χ1v) is 6.80. The maximum atomic E-state index is 11.3. The Bertz CT molecular complexity index is 287. The van der Waals surface area contributed by atoms with Gasteiger partial charge in [-0.2, -0.15) is 0 Å². The molecule has 1 saturated heterocycles. The molecule has 2 fully saturated rings. The number of rotatable bonds is 8. The van der Waals surface area contributed by atoms with Gasteiger partial charge in [0.2, 0.25) is 0 Å². The van der Waals surface area contributed by atoms with Gasteiger partial charge in [0.25, 0.3) is 0 Å². The minimum absolute atomic E-state index is 0.206. The number of carbonyl (C=O) groups is 1. The fourth-order valence-electron chi connectivity index (χ4n) is 2.24. The molecule has 1 aliphatic heterocycles. The molecule has 0 aromatic rings. The van der Waals surface area contributed by atoms with Crippen LogP contribution in [0.4, 0.5) is 0 Å². The molecule has 0 aromatic carbocycles. The molecule has 0 spiro atoms. The van der Waals surface area contributed by atoms with Crippen molar-refractivity contribution in [1.82, 2.24) is 5.32 Å². The van der Waals surface area contributed by atoms with E-state index in [0.29, 0.717) is 25.7 Å². The largest absolute Gasteiger partial charge is 0.480 e. The molecular weight excluding hydrogens is 234 g/mol. The fraction of sp³-hybridized carbons (Fsp3) is 0.923. The molecule has 5 heteroatoms. The smallest absolute Gasteiger partial charge is 0.323 e.